The van der Waals surface area contributed by atoms with Crippen molar-refractivity contribution in [3.63, 3.8) is 0 Å². The van der Waals surface area contributed by atoms with Crippen LogP contribution >= 0.6 is 0 Å². The molecule has 0 fully saturated rings. The van der Waals surface area contributed by atoms with Crippen LogP contribution in [-0.4, -0.2) is 24.5 Å². The Hall–Kier alpha value is -7.40. The van der Waals surface area contributed by atoms with Crippen molar-refractivity contribution in [2.24, 2.45) is 7.05 Å². The molecule has 0 aliphatic heterocycles. The van der Waals surface area contributed by atoms with Crippen molar-refractivity contribution in [3.05, 3.63) is 281 Å². The van der Waals surface area contributed by atoms with Gasteiger partial charge >= 0.3 is 0 Å². The minimum Gasteiger partial charge on any atom is -0.354 e. The maximum absolute atomic E-state index is 5.29. The Morgan fingerprint density at radius 1 is 0.493 bits per heavy atom. The Balaban J connectivity index is 0.00000468. The van der Waals surface area contributed by atoms with Crippen molar-refractivity contribution < 1.29 is 25.6 Å². The van der Waals surface area contributed by atoms with E-state index in [1.165, 1.54) is 11.1 Å². The number of hydrogen-bond donors (Lipinski definition) is 0. The van der Waals surface area contributed by atoms with Gasteiger partial charge in [0.05, 0.1) is 18.2 Å². The molecule has 0 radical (unpaired) electrons. The van der Waals surface area contributed by atoms with Gasteiger partial charge in [0.1, 0.15) is 5.54 Å². The van der Waals surface area contributed by atoms with Crippen molar-refractivity contribution in [3.8, 4) is 33.4 Å². The fourth-order valence-corrected chi connectivity index (χ4v) is 11.9. The SMILES string of the molecule is CC(C)c1ccnc(C2(c3[c-]c(C4(c5[c-]c(C6(n7[c-][n+](C)cc7)c7ccccc7-c7cnccc76)ccc5)c5ccccc5-c5cnccc54)ccc3)c3ccccc3-c3cnccc32)c1.[Pt]. The maximum atomic E-state index is 5.29. The number of hydrogen-bond acceptors (Lipinski definition) is 4. The third kappa shape index (κ3) is 5.45. The van der Waals surface area contributed by atoms with Gasteiger partial charge in [-0.15, -0.1) is 22.3 Å². The molecular formula is C60H42N6Pt-2. The number of aryl methyl sites for hydroxylation is 1. The fraction of sp³-hybridized carbons (Fsp3) is 0.117. The molecule has 10 aromatic rings. The average Bonchev–Trinajstić information content (AvgIpc) is 4.11. The number of fused-ring (bicyclic) bond motifs is 9. The third-order valence-corrected chi connectivity index (χ3v) is 14.6. The number of pyridine rings is 4. The molecule has 0 bridgehead atoms. The molecule has 0 N–H and O–H groups in total. The minimum absolute atomic E-state index is 0. The number of nitrogens with zero attached hydrogens (tertiary/aromatic N) is 6. The summed E-state index contributed by atoms with van der Waals surface area (Å²) in [6.45, 7) is 4.49. The van der Waals surface area contributed by atoms with Crippen LogP contribution in [0.15, 0.2) is 195 Å². The molecule has 0 saturated carbocycles. The summed E-state index contributed by atoms with van der Waals surface area (Å²) >= 11 is 0. The van der Waals surface area contributed by atoms with E-state index < -0.39 is 16.4 Å². The Bertz CT molecular complexity index is 3450. The Morgan fingerprint density at radius 2 is 0.955 bits per heavy atom. The Morgan fingerprint density at radius 3 is 1.55 bits per heavy atom. The first-order valence-electron chi connectivity index (χ1n) is 22.6. The molecule has 3 atom stereocenters. The Labute approximate surface area is 405 Å². The van der Waals surface area contributed by atoms with Crippen molar-refractivity contribution in [2.45, 2.75) is 36.1 Å². The summed E-state index contributed by atoms with van der Waals surface area (Å²) < 4.78 is 4.21. The summed E-state index contributed by atoms with van der Waals surface area (Å²) in [6.07, 6.45) is 21.6. The zero-order chi connectivity index (χ0) is 44.2. The normalized spacial score (nSPS) is 19.2. The first-order valence-corrected chi connectivity index (χ1v) is 22.6. The van der Waals surface area contributed by atoms with Crippen LogP contribution in [-0.2, 0) is 44.5 Å². The van der Waals surface area contributed by atoms with Gasteiger partial charge in [-0.25, -0.2) is 0 Å². The van der Waals surface area contributed by atoms with Gasteiger partial charge in [0.25, 0.3) is 0 Å². The van der Waals surface area contributed by atoms with E-state index in [4.69, 9.17) is 9.97 Å². The summed E-state index contributed by atoms with van der Waals surface area (Å²) in [6, 6.07) is 59.2. The summed E-state index contributed by atoms with van der Waals surface area (Å²) in [5.41, 5.74) is 17.4. The van der Waals surface area contributed by atoms with Gasteiger partial charge in [0.15, 0.2) is 0 Å². The first-order chi connectivity index (χ1) is 32.5. The summed E-state index contributed by atoms with van der Waals surface area (Å²) in [5, 5.41) is 0. The van der Waals surface area contributed by atoms with Crippen LogP contribution in [0.5, 0.6) is 0 Å². The van der Waals surface area contributed by atoms with Gasteiger partial charge in [-0.2, -0.15) is 48.5 Å². The molecule has 3 aliphatic carbocycles. The van der Waals surface area contributed by atoms with Gasteiger partial charge in [-0.1, -0.05) is 86.6 Å². The molecule has 7 heteroatoms. The van der Waals surface area contributed by atoms with E-state index >= 15 is 0 Å². The van der Waals surface area contributed by atoms with Crippen molar-refractivity contribution >= 4 is 0 Å². The second-order valence-corrected chi connectivity index (χ2v) is 18.1. The van der Waals surface area contributed by atoms with E-state index in [1.54, 1.807) is 0 Å². The zero-order valence-corrected chi connectivity index (χ0v) is 39.3. The van der Waals surface area contributed by atoms with E-state index in [9.17, 15) is 0 Å². The molecule has 0 amide bonds. The zero-order valence-electron chi connectivity index (χ0n) is 37.1. The van der Waals surface area contributed by atoms with Crippen molar-refractivity contribution in [1.82, 2.24) is 24.5 Å². The standard InChI is InChI=1S/C60H42N6.Pt/c1-39(2)40-22-29-64-57(32-40)59(52-20-8-5-17-46(52)49-36-62-27-24-54(49)59)43-14-10-12-41(33-43)58(51-19-7-4-16-45(51)48-35-61-26-23-53(48)58)42-13-11-15-44(34-42)60(66-31-30-65(3)38-66)55-21-9-6-18-47(55)50-37-63-28-25-56(50)60;/h4-32,35-37,39H,1-3H3;/q-2;. The quantitative estimate of drug-likeness (QED) is 0.118. The van der Waals surface area contributed by atoms with E-state index in [2.05, 4.69) is 199 Å². The van der Waals surface area contributed by atoms with Crippen LogP contribution < -0.4 is 4.57 Å². The van der Waals surface area contributed by atoms with E-state index in [0.717, 1.165) is 89.1 Å². The topological polar surface area (TPSA) is 60.4 Å². The van der Waals surface area contributed by atoms with Gasteiger partial charge in [-0.05, 0) is 93.2 Å². The van der Waals surface area contributed by atoms with E-state index in [-0.39, 0.29) is 21.1 Å². The van der Waals surface area contributed by atoms with Crippen LogP contribution in [0.2, 0.25) is 0 Å². The second kappa shape index (κ2) is 15.3. The minimum atomic E-state index is -0.861. The summed E-state index contributed by atoms with van der Waals surface area (Å²) in [7, 11) is 2.02. The first kappa shape index (κ1) is 41.1. The summed E-state index contributed by atoms with van der Waals surface area (Å²) in [4.78, 5) is 19.4. The fourth-order valence-electron chi connectivity index (χ4n) is 11.9. The molecule has 0 spiro atoms. The second-order valence-electron chi connectivity index (χ2n) is 18.1. The van der Waals surface area contributed by atoms with E-state index in [1.807, 2.05) is 55.0 Å². The van der Waals surface area contributed by atoms with E-state index in [0.29, 0.717) is 5.92 Å². The third-order valence-electron chi connectivity index (χ3n) is 14.6. The Kier molecular flexibility index (Phi) is 9.40. The van der Waals surface area contributed by atoms with Gasteiger partial charge in [0, 0.05) is 97.7 Å². The predicted molar refractivity (Wildman–Crippen MR) is 256 cm³/mol. The average molecular weight is 1040 g/mol. The van der Waals surface area contributed by atoms with Gasteiger partial charge < -0.3 is 9.13 Å². The molecule has 13 rings (SSSR count). The predicted octanol–water partition coefficient (Wildman–Crippen LogP) is 11.0. The molecule has 3 unspecified atom stereocenters. The van der Waals surface area contributed by atoms with Crippen LogP contribution in [0, 0.1) is 18.5 Å². The van der Waals surface area contributed by atoms with Crippen molar-refractivity contribution in [2.75, 3.05) is 0 Å². The molecular weight excluding hydrogens is 1000 g/mol. The maximum Gasteiger partial charge on any atom is 0.204 e. The van der Waals surface area contributed by atoms with Gasteiger partial charge in [0.2, 0.25) is 6.33 Å². The number of aromatic nitrogens is 6. The largest absolute Gasteiger partial charge is 0.354 e. The van der Waals surface area contributed by atoms with Crippen LogP contribution in [0.3, 0.4) is 0 Å². The summed E-state index contributed by atoms with van der Waals surface area (Å²) in [5.74, 6) is 0.309. The molecule has 324 valence electrons. The van der Waals surface area contributed by atoms with Crippen LogP contribution in [0.1, 0.15) is 86.7 Å². The van der Waals surface area contributed by atoms with Crippen LogP contribution in [0.25, 0.3) is 33.4 Å². The van der Waals surface area contributed by atoms with Crippen LogP contribution in [0.4, 0.5) is 0 Å². The molecule has 5 heterocycles. The molecule has 6 nitrogen and oxygen atoms in total. The smallest absolute Gasteiger partial charge is 0.204 e. The molecule has 0 saturated heterocycles. The number of rotatable bonds is 7. The number of imidazole rings is 1. The molecule has 67 heavy (non-hydrogen) atoms. The molecule has 5 aromatic carbocycles. The van der Waals surface area contributed by atoms with Crippen molar-refractivity contribution in [1.29, 1.82) is 0 Å². The number of benzene rings is 5. The monoisotopic (exact) mass is 1040 g/mol. The molecule has 3 aliphatic rings. The molecule has 5 aromatic heterocycles. The van der Waals surface area contributed by atoms with Gasteiger partial charge in [-0.3, -0.25) is 19.9 Å².